The summed E-state index contributed by atoms with van der Waals surface area (Å²) in [6.45, 7) is 5.25. The molecule has 5 nitrogen and oxygen atoms in total. The minimum absolute atomic E-state index is 0.302. The maximum absolute atomic E-state index is 10.2. The van der Waals surface area contributed by atoms with Crippen LogP contribution < -0.4 is 0 Å². The molecule has 0 saturated heterocycles. The Hall–Kier alpha value is -0.190. The van der Waals surface area contributed by atoms with Gasteiger partial charge in [0.1, 0.15) is 0 Å². The van der Waals surface area contributed by atoms with Crippen LogP contribution in [0.2, 0.25) is 0 Å². The van der Waals surface area contributed by atoms with Gasteiger partial charge in [0.05, 0.1) is 0 Å². The van der Waals surface area contributed by atoms with Gasteiger partial charge >= 0.3 is 7.82 Å². The van der Waals surface area contributed by atoms with E-state index in [0.29, 0.717) is 6.61 Å². The molecule has 0 aromatic heterocycles. The Bertz CT molecular complexity index is 162. The fraction of sp³-hybridized carbons (Fsp3) is 0.600. The third kappa shape index (κ3) is 6.22. The Balaban J connectivity index is 3.88. The van der Waals surface area contributed by atoms with Gasteiger partial charge < -0.3 is 14.5 Å². The van der Waals surface area contributed by atoms with E-state index in [4.69, 9.17) is 14.5 Å². The van der Waals surface area contributed by atoms with E-state index in [2.05, 4.69) is 11.1 Å². The van der Waals surface area contributed by atoms with E-state index >= 15 is 0 Å². The molecule has 1 unspecified atom stereocenters. The van der Waals surface area contributed by atoms with E-state index in [9.17, 15) is 4.57 Å². The van der Waals surface area contributed by atoms with E-state index in [1.165, 1.54) is 6.08 Å². The summed E-state index contributed by atoms with van der Waals surface area (Å²) in [4.78, 5) is 16.6. The second-order valence-electron chi connectivity index (χ2n) is 1.66. The van der Waals surface area contributed by atoms with Crippen LogP contribution in [0.25, 0.3) is 0 Å². The third-order valence-electron chi connectivity index (χ3n) is 0.765. The SMILES string of the molecule is C=CC(OCC)OP(=O)(O)O. The minimum Gasteiger partial charge on any atom is -0.349 e. The summed E-state index contributed by atoms with van der Waals surface area (Å²) in [6.07, 6.45) is 0.128. The van der Waals surface area contributed by atoms with Crippen molar-refractivity contribution in [1.82, 2.24) is 0 Å². The van der Waals surface area contributed by atoms with Crippen molar-refractivity contribution < 1.29 is 23.6 Å². The molecular weight excluding hydrogens is 171 g/mol. The highest BCUT2D eigenvalue weighted by atomic mass is 31.2. The van der Waals surface area contributed by atoms with Gasteiger partial charge in [0.2, 0.25) is 0 Å². The molecule has 0 heterocycles. The van der Waals surface area contributed by atoms with Gasteiger partial charge in [-0.15, -0.1) is 0 Å². The van der Waals surface area contributed by atoms with Crippen LogP contribution in [0.1, 0.15) is 6.92 Å². The number of hydrogen-bond acceptors (Lipinski definition) is 3. The fourth-order valence-corrected chi connectivity index (χ4v) is 0.859. The largest absolute Gasteiger partial charge is 0.472 e. The van der Waals surface area contributed by atoms with Gasteiger partial charge in [-0.3, -0.25) is 4.52 Å². The Kier molecular flexibility index (Phi) is 4.56. The zero-order chi connectivity index (χ0) is 8.91. The Morgan fingerprint density at radius 2 is 2.27 bits per heavy atom. The van der Waals surface area contributed by atoms with Crippen LogP contribution in [0.5, 0.6) is 0 Å². The number of rotatable bonds is 5. The van der Waals surface area contributed by atoms with Crippen LogP contribution in [0.3, 0.4) is 0 Å². The molecule has 0 fully saturated rings. The molecular formula is C5H11O5P. The summed E-state index contributed by atoms with van der Waals surface area (Å²) >= 11 is 0. The molecule has 0 saturated carbocycles. The van der Waals surface area contributed by atoms with Gasteiger partial charge in [-0.2, -0.15) is 0 Å². The molecule has 0 aliphatic carbocycles. The van der Waals surface area contributed by atoms with Crippen LogP contribution in [0.15, 0.2) is 12.7 Å². The monoisotopic (exact) mass is 182 g/mol. The van der Waals surface area contributed by atoms with E-state index in [0.717, 1.165) is 0 Å². The lowest BCUT2D eigenvalue weighted by Crippen LogP contribution is -2.12. The molecule has 0 radical (unpaired) electrons. The maximum atomic E-state index is 10.2. The first kappa shape index (κ1) is 10.8. The zero-order valence-corrected chi connectivity index (χ0v) is 7.03. The van der Waals surface area contributed by atoms with Gasteiger partial charge in [-0.25, -0.2) is 4.57 Å². The maximum Gasteiger partial charge on any atom is 0.472 e. The average Bonchev–Trinajstić information content (AvgIpc) is 1.84. The summed E-state index contributed by atoms with van der Waals surface area (Å²) in [5.41, 5.74) is 0. The lowest BCUT2D eigenvalue weighted by Gasteiger charge is -2.13. The van der Waals surface area contributed by atoms with Crippen LogP contribution >= 0.6 is 7.82 Å². The quantitative estimate of drug-likeness (QED) is 0.370. The lowest BCUT2D eigenvalue weighted by atomic mass is 10.6. The van der Waals surface area contributed by atoms with Crippen molar-refractivity contribution in [2.75, 3.05) is 6.61 Å². The molecule has 0 aliphatic heterocycles. The van der Waals surface area contributed by atoms with Crippen LogP contribution in [0, 0.1) is 0 Å². The Morgan fingerprint density at radius 3 is 2.55 bits per heavy atom. The van der Waals surface area contributed by atoms with Gasteiger partial charge in [0, 0.05) is 6.61 Å². The van der Waals surface area contributed by atoms with E-state index in [1.54, 1.807) is 6.92 Å². The van der Waals surface area contributed by atoms with Crippen LogP contribution in [0.4, 0.5) is 0 Å². The van der Waals surface area contributed by atoms with E-state index in [-0.39, 0.29) is 0 Å². The van der Waals surface area contributed by atoms with Gasteiger partial charge in [-0.1, -0.05) is 6.58 Å². The van der Waals surface area contributed by atoms with Gasteiger partial charge in [0.25, 0.3) is 0 Å². The highest BCUT2D eigenvalue weighted by Gasteiger charge is 2.19. The first-order valence-corrected chi connectivity index (χ1v) is 4.50. The standard InChI is InChI=1S/C5H11O5P/c1-3-5(9-4-2)10-11(6,7)8/h3,5H,1,4H2,2H3,(H2,6,7,8). The summed E-state index contributed by atoms with van der Waals surface area (Å²) in [7, 11) is -4.46. The molecule has 0 aromatic rings. The smallest absolute Gasteiger partial charge is 0.349 e. The predicted octanol–water partition coefficient (Wildman–Crippen LogP) is 0.644. The topological polar surface area (TPSA) is 76.0 Å². The van der Waals surface area contributed by atoms with Gasteiger partial charge in [0.15, 0.2) is 6.29 Å². The molecule has 6 heteroatoms. The predicted molar refractivity (Wildman–Crippen MR) is 38.7 cm³/mol. The second kappa shape index (κ2) is 4.64. The number of hydrogen-bond donors (Lipinski definition) is 2. The highest BCUT2D eigenvalue weighted by molar-refractivity contribution is 7.46. The van der Waals surface area contributed by atoms with Gasteiger partial charge in [-0.05, 0) is 13.0 Å². The second-order valence-corrected chi connectivity index (χ2v) is 2.85. The Labute approximate surface area is 64.9 Å². The summed E-state index contributed by atoms with van der Waals surface area (Å²) < 4.78 is 19.1. The minimum atomic E-state index is -4.46. The molecule has 1 atom stereocenters. The van der Waals surface area contributed by atoms with Crippen molar-refractivity contribution in [2.24, 2.45) is 0 Å². The van der Waals surface area contributed by atoms with Crippen LogP contribution in [-0.4, -0.2) is 22.7 Å². The zero-order valence-electron chi connectivity index (χ0n) is 6.14. The normalized spacial score (nSPS) is 14.5. The first-order chi connectivity index (χ1) is 4.99. The van der Waals surface area contributed by atoms with Crippen molar-refractivity contribution in [3.8, 4) is 0 Å². The first-order valence-electron chi connectivity index (χ1n) is 2.97. The molecule has 0 spiro atoms. The molecule has 11 heavy (non-hydrogen) atoms. The number of phosphoric ester groups is 1. The lowest BCUT2D eigenvalue weighted by molar-refractivity contribution is -0.0543. The summed E-state index contributed by atoms with van der Waals surface area (Å²) in [6, 6.07) is 0. The molecule has 0 amide bonds. The van der Waals surface area contributed by atoms with E-state index in [1.807, 2.05) is 0 Å². The summed E-state index contributed by atoms with van der Waals surface area (Å²) in [5.74, 6) is 0. The molecule has 0 aromatic carbocycles. The fourth-order valence-electron chi connectivity index (χ4n) is 0.441. The molecule has 66 valence electrons. The van der Waals surface area contributed by atoms with Crippen molar-refractivity contribution in [3.05, 3.63) is 12.7 Å². The number of phosphoric acid groups is 1. The molecule has 0 bridgehead atoms. The Morgan fingerprint density at radius 1 is 1.73 bits per heavy atom. The van der Waals surface area contributed by atoms with Crippen molar-refractivity contribution in [1.29, 1.82) is 0 Å². The highest BCUT2D eigenvalue weighted by Crippen LogP contribution is 2.37. The number of ether oxygens (including phenoxy) is 1. The summed E-state index contributed by atoms with van der Waals surface area (Å²) in [5, 5.41) is 0. The van der Waals surface area contributed by atoms with E-state index < -0.39 is 14.1 Å². The van der Waals surface area contributed by atoms with Crippen molar-refractivity contribution in [3.63, 3.8) is 0 Å². The molecule has 0 aliphatic rings. The molecule has 2 N–H and O–H groups in total. The third-order valence-corrected chi connectivity index (χ3v) is 1.25. The van der Waals surface area contributed by atoms with Crippen LogP contribution in [-0.2, 0) is 13.8 Å². The average molecular weight is 182 g/mol. The van der Waals surface area contributed by atoms with Crippen molar-refractivity contribution in [2.45, 2.75) is 13.2 Å². The molecule has 0 rings (SSSR count). The van der Waals surface area contributed by atoms with Crippen molar-refractivity contribution >= 4 is 7.82 Å².